The second-order valence-corrected chi connectivity index (χ2v) is 13.6. The third-order valence-corrected chi connectivity index (χ3v) is 8.76. The van der Waals surface area contributed by atoms with Crippen molar-refractivity contribution >= 4 is 13.8 Å². The number of ether oxygens (including phenoxy) is 2. The lowest BCUT2D eigenvalue weighted by Gasteiger charge is -2.20. The van der Waals surface area contributed by atoms with Gasteiger partial charge in [-0.05, 0) is 12.8 Å². The molecule has 0 aliphatic carbocycles. The maximum absolute atomic E-state index is 12.4. The highest BCUT2D eigenvalue weighted by Crippen LogP contribution is 2.43. The predicted molar refractivity (Wildman–Crippen MR) is 178 cm³/mol. The van der Waals surface area contributed by atoms with Gasteiger partial charge < -0.3 is 20.1 Å². The average molecular weight is 636 g/mol. The van der Waals surface area contributed by atoms with Crippen LogP contribution in [0.25, 0.3) is 0 Å². The Labute approximate surface area is 265 Å². The van der Waals surface area contributed by atoms with Crippen LogP contribution in [0.4, 0.5) is 0 Å². The Kier molecular flexibility index (Phi) is 32.5. The molecular weight excluding hydrogens is 565 g/mol. The van der Waals surface area contributed by atoms with E-state index in [1.165, 1.54) is 122 Å². The number of phosphoric ester groups is 1. The van der Waals surface area contributed by atoms with Gasteiger partial charge in [-0.3, -0.25) is 13.8 Å². The number of carbonyl (C=O) groups excluding carboxylic acids is 1. The Bertz CT molecular complexity index is 638. The van der Waals surface area contributed by atoms with Gasteiger partial charge in [-0.25, -0.2) is 4.57 Å². The third kappa shape index (κ3) is 32.7. The van der Waals surface area contributed by atoms with Gasteiger partial charge in [-0.2, -0.15) is 0 Å². The van der Waals surface area contributed by atoms with Gasteiger partial charge in [-0.1, -0.05) is 155 Å². The van der Waals surface area contributed by atoms with Crippen LogP contribution in [0.2, 0.25) is 0 Å². The topological polar surface area (TPSA) is 117 Å². The minimum atomic E-state index is -4.25. The molecule has 2 atom stereocenters. The van der Waals surface area contributed by atoms with Gasteiger partial charge in [0, 0.05) is 19.6 Å². The Morgan fingerprint density at radius 2 is 1.02 bits per heavy atom. The molecule has 2 unspecified atom stereocenters. The zero-order chi connectivity index (χ0) is 31.7. The summed E-state index contributed by atoms with van der Waals surface area (Å²) in [6, 6.07) is 0. The van der Waals surface area contributed by atoms with Crippen molar-refractivity contribution in [2.24, 2.45) is 5.73 Å². The smallest absolute Gasteiger partial charge is 0.457 e. The van der Waals surface area contributed by atoms with Gasteiger partial charge in [0.25, 0.3) is 0 Å². The summed E-state index contributed by atoms with van der Waals surface area (Å²) >= 11 is 0. The first-order valence-corrected chi connectivity index (χ1v) is 19.5. The zero-order valence-corrected chi connectivity index (χ0v) is 29.1. The molecule has 0 aliphatic rings. The highest BCUT2D eigenvalue weighted by Gasteiger charge is 2.25. The fraction of sp³-hybridized carbons (Fsp3) is 0.971. The van der Waals surface area contributed by atoms with Crippen molar-refractivity contribution in [3.63, 3.8) is 0 Å². The fourth-order valence-electron chi connectivity index (χ4n) is 5.11. The predicted octanol–water partition coefficient (Wildman–Crippen LogP) is 9.80. The molecular formula is C34H70NO7P. The third-order valence-electron chi connectivity index (χ3n) is 7.77. The Morgan fingerprint density at radius 1 is 0.605 bits per heavy atom. The van der Waals surface area contributed by atoms with Crippen LogP contribution in [0.1, 0.15) is 174 Å². The van der Waals surface area contributed by atoms with Gasteiger partial charge in [0.1, 0.15) is 6.10 Å². The summed E-state index contributed by atoms with van der Waals surface area (Å²) in [5.41, 5.74) is 5.33. The molecule has 0 aromatic rings. The van der Waals surface area contributed by atoms with Gasteiger partial charge in [0.05, 0.1) is 19.8 Å². The molecule has 0 aromatic heterocycles. The van der Waals surface area contributed by atoms with E-state index < -0.39 is 13.9 Å². The van der Waals surface area contributed by atoms with E-state index in [-0.39, 0.29) is 32.3 Å². The Morgan fingerprint density at radius 3 is 1.47 bits per heavy atom. The van der Waals surface area contributed by atoms with Crippen LogP contribution in [-0.2, 0) is 27.9 Å². The van der Waals surface area contributed by atoms with Crippen LogP contribution in [0.3, 0.4) is 0 Å². The summed E-state index contributed by atoms with van der Waals surface area (Å²) < 4.78 is 33.1. The molecule has 9 heteroatoms. The van der Waals surface area contributed by atoms with Crippen LogP contribution in [0, 0.1) is 0 Å². The quantitative estimate of drug-likeness (QED) is 0.0401. The second-order valence-electron chi connectivity index (χ2n) is 12.1. The molecule has 0 heterocycles. The molecule has 0 saturated heterocycles. The minimum absolute atomic E-state index is 0.0910. The fourth-order valence-corrected chi connectivity index (χ4v) is 5.88. The van der Waals surface area contributed by atoms with Crippen molar-refractivity contribution in [3.8, 4) is 0 Å². The highest BCUT2D eigenvalue weighted by atomic mass is 31.2. The van der Waals surface area contributed by atoms with E-state index in [0.29, 0.717) is 13.0 Å². The van der Waals surface area contributed by atoms with Crippen molar-refractivity contribution in [2.75, 3.05) is 33.0 Å². The molecule has 0 rings (SSSR count). The Hall–Kier alpha value is -0.500. The van der Waals surface area contributed by atoms with E-state index in [9.17, 15) is 14.3 Å². The first kappa shape index (κ1) is 42.5. The van der Waals surface area contributed by atoms with Crippen molar-refractivity contribution in [2.45, 2.75) is 180 Å². The molecule has 43 heavy (non-hydrogen) atoms. The summed E-state index contributed by atoms with van der Waals surface area (Å²) in [5, 5.41) is 0. The SMILES string of the molecule is CCCCCCCCCCCCCCCCCCCOCC(COP(=O)(O)OCCN)OC(=O)CCCCCCCCC. The molecule has 0 spiro atoms. The number of hydrogen-bond acceptors (Lipinski definition) is 7. The molecule has 258 valence electrons. The molecule has 0 bridgehead atoms. The molecule has 0 saturated carbocycles. The largest absolute Gasteiger partial charge is 0.472 e. The maximum atomic E-state index is 12.4. The number of phosphoric acid groups is 1. The van der Waals surface area contributed by atoms with Crippen molar-refractivity contribution in [3.05, 3.63) is 0 Å². The van der Waals surface area contributed by atoms with Crippen LogP contribution < -0.4 is 5.73 Å². The van der Waals surface area contributed by atoms with E-state index in [2.05, 4.69) is 13.8 Å². The van der Waals surface area contributed by atoms with Gasteiger partial charge >= 0.3 is 13.8 Å². The summed E-state index contributed by atoms with van der Waals surface area (Å²) in [4.78, 5) is 22.2. The van der Waals surface area contributed by atoms with Crippen LogP contribution >= 0.6 is 7.82 Å². The van der Waals surface area contributed by atoms with E-state index >= 15 is 0 Å². The van der Waals surface area contributed by atoms with Crippen molar-refractivity contribution in [1.82, 2.24) is 0 Å². The summed E-state index contributed by atoms with van der Waals surface area (Å²) in [6.45, 7) is 4.90. The van der Waals surface area contributed by atoms with Crippen LogP contribution in [0.15, 0.2) is 0 Å². The number of rotatable bonds is 35. The zero-order valence-electron chi connectivity index (χ0n) is 28.2. The minimum Gasteiger partial charge on any atom is -0.457 e. The number of esters is 1. The number of unbranched alkanes of at least 4 members (excludes halogenated alkanes) is 22. The molecule has 3 N–H and O–H groups in total. The van der Waals surface area contributed by atoms with Gasteiger partial charge in [0.15, 0.2) is 0 Å². The van der Waals surface area contributed by atoms with Gasteiger partial charge in [0.2, 0.25) is 0 Å². The number of hydrogen-bond donors (Lipinski definition) is 2. The van der Waals surface area contributed by atoms with Crippen LogP contribution in [0.5, 0.6) is 0 Å². The summed E-state index contributed by atoms with van der Waals surface area (Å²) in [5.74, 6) is -0.334. The molecule has 0 fully saturated rings. The Balaban J connectivity index is 3.95. The summed E-state index contributed by atoms with van der Waals surface area (Å²) in [6.07, 6.45) is 29.9. The molecule has 0 aromatic carbocycles. The van der Waals surface area contributed by atoms with E-state index in [1.54, 1.807) is 0 Å². The lowest BCUT2D eigenvalue weighted by atomic mass is 10.0. The molecule has 8 nitrogen and oxygen atoms in total. The lowest BCUT2D eigenvalue weighted by Crippen LogP contribution is -2.28. The van der Waals surface area contributed by atoms with Crippen LogP contribution in [-0.4, -0.2) is 49.9 Å². The molecule has 0 radical (unpaired) electrons. The maximum Gasteiger partial charge on any atom is 0.472 e. The molecule has 0 amide bonds. The normalized spacial score (nSPS) is 13.7. The average Bonchev–Trinajstić information content (AvgIpc) is 2.99. The van der Waals surface area contributed by atoms with E-state index in [4.69, 9.17) is 24.3 Å². The number of nitrogens with two attached hydrogens (primary N) is 1. The number of carbonyl (C=O) groups is 1. The summed E-state index contributed by atoms with van der Waals surface area (Å²) in [7, 11) is -4.25. The first-order chi connectivity index (χ1) is 20.9. The highest BCUT2D eigenvalue weighted by molar-refractivity contribution is 7.47. The van der Waals surface area contributed by atoms with Crippen molar-refractivity contribution in [1.29, 1.82) is 0 Å². The monoisotopic (exact) mass is 635 g/mol. The first-order valence-electron chi connectivity index (χ1n) is 18.0. The standard InChI is InChI=1S/C34H70NO7P/c1-3-5-7-9-11-12-13-14-15-16-17-18-19-20-22-24-26-29-39-31-33(32-41-43(37,38)40-30-28-35)42-34(36)27-25-23-21-10-8-6-4-2/h33H,3-32,35H2,1-2H3,(H,37,38). The lowest BCUT2D eigenvalue weighted by molar-refractivity contribution is -0.154. The van der Waals surface area contributed by atoms with E-state index in [1.807, 2.05) is 0 Å². The van der Waals surface area contributed by atoms with Gasteiger partial charge in [-0.15, -0.1) is 0 Å². The molecule has 0 aliphatic heterocycles. The second kappa shape index (κ2) is 32.9. The van der Waals surface area contributed by atoms with E-state index in [0.717, 1.165) is 32.1 Å². The van der Waals surface area contributed by atoms with Crippen molar-refractivity contribution < 1.29 is 32.8 Å².